The predicted octanol–water partition coefficient (Wildman–Crippen LogP) is 0.609. The first-order chi connectivity index (χ1) is 10.6. The van der Waals surface area contributed by atoms with Gasteiger partial charge in [-0.3, -0.25) is 9.13 Å². The third-order valence-corrected chi connectivity index (χ3v) is 4.48. The zero-order chi connectivity index (χ0) is 17.4. The Morgan fingerprint density at radius 2 is 2.13 bits per heavy atom. The summed E-state index contributed by atoms with van der Waals surface area (Å²) in [6.07, 6.45) is -6.99. The molecule has 0 radical (unpaired) electrons. The van der Waals surface area contributed by atoms with Crippen LogP contribution in [0.15, 0.2) is 11.0 Å². The second-order valence-corrected chi connectivity index (χ2v) is 9.23. The SMILES string of the molecule is CCc1cn([C@@H]2O[C@H](COP(=O)(Cl)Cl)[C@H](O)C2O)c(=O)nc1N. The van der Waals surface area contributed by atoms with Crippen LogP contribution in [0.1, 0.15) is 18.7 Å². The molecule has 0 saturated carbocycles. The van der Waals surface area contributed by atoms with E-state index in [1.54, 1.807) is 0 Å². The van der Waals surface area contributed by atoms with Crippen LogP contribution >= 0.6 is 28.6 Å². The minimum Gasteiger partial charge on any atom is -0.387 e. The fourth-order valence-corrected chi connectivity index (χ4v) is 2.89. The van der Waals surface area contributed by atoms with Gasteiger partial charge in [0, 0.05) is 11.8 Å². The molecular weight excluding hydrogens is 372 g/mol. The van der Waals surface area contributed by atoms with E-state index >= 15 is 0 Å². The molecule has 0 bridgehead atoms. The van der Waals surface area contributed by atoms with E-state index in [-0.39, 0.29) is 5.82 Å². The van der Waals surface area contributed by atoms with Crippen molar-refractivity contribution in [1.82, 2.24) is 9.55 Å². The van der Waals surface area contributed by atoms with Crippen molar-refractivity contribution in [3.63, 3.8) is 0 Å². The highest BCUT2D eigenvalue weighted by Gasteiger charge is 2.45. The zero-order valence-electron chi connectivity index (χ0n) is 12.0. The molecule has 4 N–H and O–H groups in total. The van der Waals surface area contributed by atoms with Gasteiger partial charge in [-0.1, -0.05) is 6.92 Å². The number of aryl methyl sites for hydroxylation is 1. The van der Waals surface area contributed by atoms with Crippen LogP contribution in [0.5, 0.6) is 0 Å². The summed E-state index contributed by atoms with van der Waals surface area (Å²) in [5.74, 6) is 0.0897. The summed E-state index contributed by atoms with van der Waals surface area (Å²) in [6, 6.07) is 0. The first-order valence-corrected chi connectivity index (χ1v) is 10.1. The lowest BCUT2D eigenvalue weighted by atomic mass is 10.1. The quantitative estimate of drug-likeness (QED) is 0.624. The fourth-order valence-electron chi connectivity index (χ4n) is 2.23. The average Bonchev–Trinajstić information content (AvgIpc) is 2.73. The molecule has 9 nitrogen and oxygen atoms in total. The summed E-state index contributed by atoms with van der Waals surface area (Å²) in [7, 11) is 0. The van der Waals surface area contributed by atoms with E-state index < -0.39 is 42.9 Å². The number of hydrogen-bond acceptors (Lipinski definition) is 8. The molecule has 23 heavy (non-hydrogen) atoms. The Kier molecular flexibility index (Phi) is 5.73. The summed E-state index contributed by atoms with van der Waals surface area (Å²) in [5.41, 5.74) is 5.47. The van der Waals surface area contributed by atoms with Crippen molar-refractivity contribution in [2.75, 3.05) is 12.3 Å². The maximum Gasteiger partial charge on any atom is 0.380 e. The molecule has 2 heterocycles. The van der Waals surface area contributed by atoms with Crippen LogP contribution in [0.25, 0.3) is 0 Å². The van der Waals surface area contributed by atoms with Gasteiger partial charge in [-0.15, -0.1) is 0 Å². The maximum absolute atomic E-state index is 12.0. The van der Waals surface area contributed by atoms with Gasteiger partial charge in [-0.2, -0.15) is 4.98 Å². The van der Waals surface area contributed by atoms with E-state index in [2.05, 4.69) is 9.51 Å². The molecule has 1 fully saturated rings. The minimum atomic E-state index is -3.81. The highest BCUT2D eigenvalue weighted by atomic mass is 35.9. The number of aliphatic hydroxyl groups excluding tert-OH is 2. The minimum absolute atomic E-state index is 0.0897. The zero-order valence-corrected chi connectivity index (χ0v) is 14.4. The number of nitrogens with zero attached hydrogens (tertiary/aromatic N) is 2. The molecular formula is C11H16Cl2N3O6P. The van der Waals surface area contributed by atoms with Gasteiger partial charge in [0.15, 0.2) is 6.23 Å². The highest BCUT2D eigenvalue weighted by molar-refractivity contribution is 8.05. The van der Waals surface area contributed by atoms with E-state index in [9.17, 15) is 19.6 Å². The Hall–Kier alpha value is -0.670. The Morgan fingerprint density at radius 3 is 2.70 bits per heavy atom. The topological polar surface area (TPSA) is 137 Å². The lowest BCUT2D eigenvalue weighted by molar-refractivity contribution is -0.0507. The van der Waals surface area contributed by atoms with Crippen molar-refractivity contribution in [3.8, 4) is 0 Å². The molecule has 1 aromatic rings. The number of rotatable bonds is 5. The molecule has 0 aliphatic carbocycles. The number of anilines is 1. The van der Waals surface area contributed by atoms with Crippen molar-refractivity contribution in [2.24, 2.45) is 0 Å². The number of hydrogen-bond donors (Lipinski definition) is 3. The van der Waals surface area contributed by atoms with Gasteiger partial charge in [-0.25, -0.2) is 4.79 Å². The Morgan fingerprint density at radius 1 is 1.48 bits per heavy atom. The number of ether oxygens (including phenoxy) is 1. The molecule has 130 valence electrons. The van der Waals surface area contributed by atoms with Crippen molar-refractivity contribution < 1.29 is 24.0 Å². The van der Waals surface area contributed by atoms with Crippen LogP contribution in [-0.4, -0.2) is 44.7 Å². The van der Waals surface area contributed by atoms with Crippen molar-refractivity contribution in [1.29, 1.82) is 0 Å². The van der Waals surface area contributed by atoms with E-state index in [1.165, 1.54) is 6.20 Å². The van der Waals surface area contributed by atoms with Crippen LogP contribution in [0, 0.1) is 0 Å². The summed E-state index contributed by atoms with van der Waals surface area (Å²) >= 11 is 10.5. The van der Waals surface area contributed by atoms with E-state index in [0.29, 0.717) is 12.0 Å². The van der Waals surface area contributed by atoms with Gasteiger partial charge < -0.3 is 25.2 Å². The smallest absolute Gasteiger partial charge is 0.380 e. The largest absolute Gasteiger partial charge is 0.387 e. The molecule has 1 aliphatic heterocycles. The molecule has 1 aromatic heterocycles. The average molecular weight is 388 g/mol. The number of aliphatic hydroxyl groups is 2. The highest BCUT2D eigenvalue weighted by Crippen LogP contribution is 2.57. The molecule has 1 aliphatic rings. The van der Waals surface area contributed by atoms with Crippen LogP contribution < -0.4 is 11.4 Å². The molecule has 12 heteroatoms. The Balaban J connectivity index is 2.24. The number of nitrogens with two attached hydrogens (primary N) is 1. The van der Waals surface area contributed by atoms with Gasteiger partial charge in [0.05, 0.1) is 6.61 Å². The third kappa shape index (κ3) is 4.24. The molecule has 0 aromatic carbocycles. The molecule has 2 rings (SSSR count). The summed E-state index contributed by atoms with van der Waals surface area (Å²) in [4.78, 5) is 15.6. The van der Waals surface area contributed by atoms with Crippen molar-refractivity contribution in [2.45, 2.75) is 37.9 Å². The standard InChI is InChI=1S/C11H16Cl2N3O6P/c1-2-5-3-16(11(19)15-9(5)14)10-8(18)7(17)6(22-10)4-21-23(12,13)20/h3,6-8,10,17-18H,2,4H2,1H3,(H2,14,15,19)/t6-,7+,8?,10-/m1/s1. The van der Waals surface area contributed by atoms with Crippen LogP contribution in [0.3, 0.4) is 0 Å². The third-order valence-electron chi connectivity index (χ3n) is 3.44. The summed E-state index contributed by atoms with van der Waals surface area (Å²) in [6.45, 7) is 1.40. The van der Waals surface area contributed by atoms with Gasteiger partial charge >= 0.3 is 11.8 Å². The lowest BCUT2D eigenvalue weighted by Gasteiger charge is -2.18. The molecule has 4 atom stereocenters. The second kappa shape index (κ2) is 7.06. The molecule has 1 unspecified atom stereocenters. The lowest BCUT2D eigenvalue weighted by Crippen LogP contribution is -2.36. The summed E-state index contributed by atoms with van der Waals surface area (Å²) in [5, 5.41) is 20.1. The number of nitrogen functional groups attached to an aromatic ring is 1. The first-order valence-electron chi connectivity index (χ1n) is 6.67. The van der Waals surface area contributed by atoms with E-state index in [4.69, 9.17) is 33.0 Å². The van der Waals surface area contributed by atoms with Crippen LogP contribution in [0.4, 0.5) is 5.82 Å². The maximum atomic E-state index is 12.0. The Bertz CT molecular complexity index is 680. The predicted molar refractivity (Wildman–Crippen MR) is 83.5 cm³/mol. The van der Waals surface area contributed by atoms with E-state index in [0.717, 1.165) is 4.57 Å². The van der Waals surface area contributed by atoms with Gasteiger partial charge in [0.1, 0.15) is 24.1 Å². The van der Waals surface area contributed by atoms with E-state index in [1.807, 2.05) is 6.92 Å². The summed E-state index contributed by atoms with van der Waals surface area (Å²) < 4.78 is 22.2. The number of aromatic nitrogens is 2. The Labute approximate surface area is 141 Å². The normalized spacial score (nSPS) is 28.2. The van der Waals surface area contributed by atoms with Gasteiger partial charge in [0.25, 0.3) is 0 Å². The number of halogens is 2. The van der Waals surface area contributed by atoms with Crippen molar-refractivity contribution in [3.05, 3.63) is 22.2 Å². The first kappa shape index (κ1) is 18.7. The molecule has 1 saturated heterocycles. The van der Waals surface area contributed by atoms with Crippen molar-refractivity contribution >= 4 is 34.4 Å². The van der Waals surface area contributed by atoms with Gasteiger partial charge in [0.2, 0.25) is 0 Å². The van der Waals surface area contributed by atoms with Crippen LogP contribution in [-0.2, 0) is 20.2 Å². The fraction of sp³-hybridized carbons (Fsp3) is 0.636. The molecule has 0 amide bonds. The monoisotopic (exact) mass is 387 g/mol. The molecule has 0 spiro atoms. The van der Waals surface area contributed by atoms with Gasteiger partial charge in [-0.05, 0) is 28.9 Å². The van der Waals surface area contributed by atoms with Crippen LogP contribution in [0.2, 0.25) is 0 Å². The second-order valence-electron chi connectivity index (χ2n) is 4.95.